The number of carboxylic acids is 1. The van der Waals surface area contributed by atoms with Gasteiger partial charge >= 0.3 is 17.9 Å². The van der Waals surface area contributed by atoms with Gasteiger partial charge in [0.05, 0.1) is 55.1 Å². The highest BCUT2D eigenvalue weighted by atomic mass is 16.7. The smallest absolute Gasteiger partial charge is 0.331 e. The van der Waals surface area contributed by atoms with Crippen LogP contribution in [-0.4, -0.2) is 136 Å². The average Bonchev–Trinajstić information content (AvgIpc) is 3.74. The third-order valence-corrected chi connectivity index (χ3v) is 16.7. The van der Waals surface area contributed by atoms with Crippen LogP contribution in [0.5, 0.6) is 0 Å². The van der Waals surface area contributed by atoms with Crippen molar-refractivity contribution in [3.8, 4) is 0 Å². The molecule has 5 N–H and O–H groups in total. The van der Waals surface area contributed by atoms with Crippen LogP contribution in [0.25, 0.3) is 0 Å². The lowest BCUT2D eigenvalue weighted by Crippen LogP contribution is -2.62. The lowest BCUT2D eigenvalue weighted by molar-refractivity contribution is -0.336. The first-order valence-corrected chi connectivity index (χ1v) is 22.9. The van der Waals surface area contributed by atoms with Crippen LogP contribution in [-0.2, 0) is 52.3 Å². The van der Waals surface area contributed by atoms with E-state index in [0.717, 1.165) is 63.4 Å². The van der Waals surface area contributed by atoms with E-state index in [9.17, 15) is 34.8 Å². The van der Waals surface area contributed by atoms with Crippen LogP contribution in [0.3, 0.4) is 0 Å². The molecule has 4 saturated carbocycles. The quantitative estimate of drug-likeness (QED) is 0.148. The molecule has 4 aliphatic carbocycles. The second-order valence-electron chi connectivity index (χ2n) is 20.1. The third-order valence-electron chi connectivity index (χ3n) is 16.7. The van der Waals surface area contributed by atoms with Crippen molar-refractivity contribution in [2.75, 3.05) is 6.61 Å². The van der Waals surface area contributed by atoms with Gasteiger partial charge in [-0.25, -0.2) is 4.79 Å². The van der Waals surface area contributed by atoms with Gasteiger partial charge in [-0.3, -0.25) is 9.59 Å². The van der Waals surface area contributed by atoms with Gasteiger partial charge in [-0.1, -0.05) is 13.8 Å². The van der Waals surface area contributed by atoms with Gasteiger partial charge in [-0.05, 0) is 113 Å². The van der Waals surface area contributed by atoms with Crippen LogP contribution in [0.15, 0.2) is 11.6 Å². The molecule has 8 aliphatic rings. The van der Waals surface area contributed by atoms with Crippen molar-refractivity contribution in [2.45, 2.75) is 210 Å². The first-order valence-electron chi connectivity index (χ1n) is 22.9. The summed E-state index contributed by atoms with van der Waals surface area (Å²) in [4.78, 5) is 35.9. The van der Waals surface area contributed by atoms with Gasteiger partial charge in [-0.15, -0.1) is 0 Å². The third kappa shape index (κ3) is 8.69. The van der Waals surface area contributed by atoms with E-state index in [1.807, 2.05) is 6.92 Å². The van der Waals surface area contributed by atoms with Crippen LogP contribution in [0, 0.1) is 34.5 Å². The predicted octanol–water partition coefficient (Wildman–Crippen LogP) is 3.66. The topological polar surface area (TPSA) is 226 Å². The Kier molecular flexibility index (Phi) is 13.1. The van der Waals surface area contributed by atoms with E-state index in [4.69, 9.17) is 43.0 Å². The van der Waals surface area contributed by atoms with Gasteiger partial charge in [-0.2, -0.15) is 0 Å². The molecule has 16 heteroatoms. The Balaban J connectivity index is 0.855. The molecule has 20 atom stereocenters. The van der Waals surface area contributed by atoms with E-state index in [1.54, 1.807) is 19.9 Å². The molecule has 61 heavy (non-hydrogen) atoms. The number of carbonyl (C=O) groups excluding carboxylic acids is 2. The molecule has 4 heterocycles. The number of esters is 2. The van der Waals surface area contributed by atoms with Gasteiger partial charge in [0.15, 0.2) is 18.9 Å². The summed E-state index contributed by atoms with van der Waals surface area (Å²) in [6.45, 7) is 10.2. The van der Waals surface area contributed by atoms with E-state index in [0.29, 0.717) is 18.4 Å². The number of carbonyl (C=O) groups is 3. The minimum Gasteiger partial charge on any atom is -0.481 e. The normalized spacial score (nSPS) is 49.8. The lowest BCUT2D eigenvalue weighted by atomic mass is 9.43. The van der Waals surface area contributed by atoms with Gasteiger partial charge in [0.25, 0.3) is 0 Å². The van der Waals surface area contributed by atoms with Crippen molar-refractivity contribution < 1.29 is 77.8 Å². The second-order valence-corrected chi connectivity index (χ2v) is 20.1. The fourth-order valence-electron chi connectivity index (χ4n) is 13.3. The van der Waals surface area contributed by atoms with Gasteiger partial charge < -0.3 is 63.4 Å². The SMILES string of the molecule is C[C@H]1O[C@@H](O[C@H]2[C@@H](OC(=O)CCC(=O)O)C[C@H](O[C@H]3[C@@H](O)C[C@H](O[C@H]4CC[C@@]5(C)[C@H](CC[C@@H]6[C@@H]5CC[C@]5(C)[C@@H](C7=CC(=O)OC7)CC[C@]65O)C4)O[C@@H]3C)O[C@@H]2C)C[C@H](O)[C@@H]1O. The Morgan fingerprint density at radius 1 is 0.754 bits per heavy atom. The highest BCUT2D eigenvalue weighted by Crippen LogP contribution is 2.70. The number of aliphatic hydroxyl groups is 4. The van der Waals surface area contributed by atoms with Crippen LogP contribution >= 0.6 is 0 Å². The van der Waals surface area contributed by atoms with Crippen molar-refractivity contribution >= 4 is 17.9 Å². The summed E-state index contributed by atoms with van der Waals surface area (Å²) in [5.41, 5.74) is 0.0896. The molecule has 16 nitrogen and oxygen atoms in total. The number of carboxylic acid groups (broad SMARTS) is 1. The minimum atomic E-state index is -1.14. The Morgan fingerprint density at radius 2 is 1.43 bits per heavy atom. The van der Waals surface area contributed by atoms with E-state index in [-0.39, 0.29) is 60.4 Å². The first kappa shape index (κ1) is 45.3. The van der Waals surface area contributed by atoms with Crippen molar-refractivity contribution in [3.63, 3.8) is 0 Å². The zero-order valence-electron chi connectivity index (χ0n) is 36.2. The second kappa shape index (κ2) is 17.6. The standard InChI is InChI=1S/C45H68O16/c1-22-40(52)31(46)18-38(55-22)61-42-24(3)57-39(20-33(42)59-35(50)9-8-34(48)49)60-41-23(2)56-37(19-32(41)47)58-27-10-13-43(4)26(17-27)6-7-30-29(43)11-14-44(5)28(12-15-45(30,44)53)25-16-36(51)54-21-25/h16,22-24,26-33,37-42,46-47,52-53H,6-15,17-21H2,1-5H3,(H,48,49)/t22-,23-,24-,26-,27+,28-,29+,30-,31+,32+,33+,37+,38+,39+,40-,41-,42-,43+,44-,45+/m1/s1. The molecule has 0 unspecified atom stereocenters. The zero-order chi connectivity index (χ0) is 43.6. The highest BCUT2D eigenvalue weighted by molar-refractivity contribution is 5.85. The summed E-state index contributed by atoms with van der Waals surface area (Å²) >= 11 is 0. The van der Waals surface area contributed by atoms with Gasteiger partial charge in [0.2, 0.25) is 0 Å². The summed E-state index contributed by atoms with van der Waals surface area (Å²) in [7, 11) is 0. The number of ether oxygens (including phenoxy) is 8. The maximum Gasteiger partial charge on any atom is 0.331 e. The molecule has 0 bridgehead atoms. The summed E-state index contributed by atoms with van der Waals surface area (Å²) in [6.07, 6.45) is -0.829. The number of hydrogen-bond donors (Lipinski definition) is 5. The fraction of sp³-hybridized carbons (Fsp3) is 0.889. The fourth-order valence-corrected chi connectivity index (χ4v) is 13.3. The van der Waals surface area contributed by atoms with Crippen molar-refractivity contribution in [2.24, 2.45) is 34.5 Å². The van der Waals surface area contributed by atoms with E-state index >= 15 is 0 Å². The van der Waals surface area contributed by atoms with Gasteiger partial charge in [0.1, 0.15) is 31.0 Å². The molecule has 0 aromatic heterocycles. The monoisotopic (exact) mass is 864 g/mol. The maximum atomic E-state index is 12.8. The number of aliphatic hydroxyl groups excluding tert-OH is 3. The molecule has 344 valence electrons. The highest BCUT2D eigenvalue weighted by Gasteiger charge is 2.68. The average molecular weight is 865 g/mol. The van der Waals surface area contributed by atoms with Crippen molar-refractivity contribution in [1.82, 2.24) is 0 Å². The molecule has 3 saturated heterocycles. The maximum absolute atomic E-state index is 12.8. The number of cyclic esters (lactones) is 1. The molecule has 0 amide bonds. The molecule has 0 aromatic carbocycles. The Morgan fingerprint density at radius 3 is 2.11 bits per heavy atom. The molecule has 0 radical (unpaired) electrons. The molecule has 7 fully saturated rings. The zero-order valence-corrected chi connectivity index (χ0v) is 36.2. The predicted molar refractivity (Wildman–Crippen MR) is 212 cm³/mol. The van der Waals surface area contributed by atoms with Crippen LogP contribution < -0.4 is 0 Å². The molecule has 0 aromatic rings. The summed E-state index contributed by atoms with van der Waals surface area (Å²) in [5, 5.41) is 53.7. The lowest BCUT2D eigenvalue weighted by Gasteiger charge is -2.64. The van der Waals surface area contributed by atoms with Crippen LogP contribution in [0.2, 0.25) is 0 Å². The summed E-state index contributed by atoms with van der Waals surface area (Å²) in [5.74, 6) is -0.900. The van der Waals surface area contributed by atoms with Crippen molar-refractivity contribution in [3.05, 3.63) is 11.6 Å². The first-order chi connectivity index (χ1) is 28.9. The number of fused-ring (bicyclic) bond motifs is 5. The van der Waals surface area contributed by atoms with E-state index in [1.165, 1.54) is 0 Å². The van der Waals surface area contributed by atoms with Crippen LogP contribution in [0.4, 0.5) is 0 Å². The number of rotatable bonds is 11. The molecule has 8 rings (SSSR count). The van der Waals surface area contributed by atoms with Crippen molar-refractivity contribution in [1.29, 1.82) is 0 Å². The molecular formula is C45H68O16. The molecular weight excluding hydrogens is 796 g/mol. The summed E-state index contributed by atoms with van der Waals surface area (Å²) in [6, 6.07) is 0. The molecule has 4 aliphatic heterocycles. The number of hydrogen-bond acceptors (Lipinski definition) is 15. The minimum absolute atomic E-state index is 0.00645. The molecule has 0 spiro atoms. The largest absolute Gasteiger partial charge is 0.481 e. The van der Waals surface area contributed by atoms with Gasteiger partial charge in [0, 0.05) is 30.8 Å². The van der Waals surface area contributed by atoms with E-state index < -0.39 is 97.8 Å². The summed E-state index contributed by atoms with van der Waals surface area (Å²) < 4.78 is 48.5. The Bertz CT molecular complexity index is 1630. The van der Waals surface area contributed by atoms with E-state index in [2.05, 4.69) is 13.8 Å². The number of aliphatic carboxylic acids is 1. The van der Waals surface area contributed by atoms with Crippen LogP contribution in [0.1, 0.15) is 125 Å². The Labute approximate surface area is 357 Å². The Hall–Kier alpha value is -2.25.